The second kappa shape index (κ2) is 12.7. The van der Waals surface area contributed by atoms with E-state index in [1.165, 1.54) is 0 Å². The number of ether oxygens (including phenoxy) is 1. The van der Waals surface area contributed by atoms with Crippen LogP contribution < -0.4 is 15.4 Å². The van der Waals surface area contributed by atoms with Crippen LogP contribution in [-0.4, -0.2) is 85.9 Å². The molecule has 1 unspecified atom stereocenters. The van der Waals surface area contributed by atoms with Crippen LogP contribution in [0.25, 0.3) is 0 Å². The van der Waals surface area contributed by atoms with Crippen LogP contribution in [0.2, 0.25) is 0 Å². The molecule has 2 rings (SSSR count). The smallest absolute Gasteiger partial charge is 0.191 e. The van der Waals surface area contributed by atoms with Crippen LogP contribution in [0.1, 0.15) is 39.4 Å². The summed E-state index contributed by atoms with van der Waals surface area (Å²) in [4.78, 5) is 9.52. The van der Waals surface area contributed by atoms with Crippen LogP contribution in [0.15, 0.2) is 29.3 Å². The third-order valence-electron chi connectivity index (χ3n) is 5.04. The molecule has 1 heterocycles. The van der Waals surface area contributed by atoms with E-state index >= 15 is 0 Å². The largest absolute Gasteiger partial charge is 0.491 e. The Morgan fingerprint density at radius 3 is 2.31 bits per heavy atom. The van der Waals surface area contributed by atoms with E-state index in [1.54, 1.807) is 0 Å². The minimum absolute atomic E-state index is 0.139. The zero-order valence-corrected chi connectivity index (χ0v) is 18.5. The van der Waals surface area contributed by atoms with Gasteiger partial charge in [-0.2, -0.15) is 0 Å². The number of nitrogens with one attached hydrogen (secondary N) is 2. The standard InChI is InChI=1S/C22H39N5O2/c1-5-23-22(24-11-12-27-15-13-26(6-2)14-16-27)25-17-21(28)19-7-9-20(10-8-19)29-18(3)4/h7-10,18,21,28H,5-6,11-17H2,1-4H3,(H2,23,24,25). The van der Waals surface area contributed by atoms with Gasteiger partial charge in [-0.25, -0.2) is 0 Å². The third-order valence-corrected chi connectivity index (χ3v) is 5.04. The average molecular weight is 406 g/mol. The van der Waals surface area contributed by atoms with E-state index in [-0.39, 0.29) is 6.10 Å². The summed E-state index contributed by atoms with van der Waals surface area (Å²) in [5.41, 5.74) is 0.842. The van der Waals surface area contributed by atoms with Crippen LogP contribution in [0, 0.1) is 0 Å². The zero-order chi connectivity index (χ0) is 21.1. The van der Waals surface area contributed by atoms with E-state index in [4.69, 9.17) is 4.74 Å². The first-order valence-corrected chi connectivity index (χ1v) is 10.9. The molecule has 1 aromatic carbocycles. The third kappa shape index (κ3) is 8.60. The van der Waals surface area contributed by atoms with E-state index < -0.39 is 6.10 Å². The molecule has 1 saturated heterocycles. The Kier molecular flexibility index (Phi) is 10.2. The molecule has 1 aromatic rings. The van der Waals surface area contributed by atoms with Gasteiger partial charge < -0.3 is 25.4 Å². The van der Waals surface area contributed by atoms with Crippen molar-refractivity contribution in [1.29, 1.82) is 0 Å². The average Bonchev–Trinajstić information content (AvgIpc) is 2.72. The molecule has 0 saturated carbocycles. The Morgan fingerprint density at radius 2 is 1.72 bits per heavy atom. The molecule has 7 heteroatoms. The number of benzene rings is 1. The summed E-state index contributed by atoms with van der Waals surface area (Å²) < 4.78 is 5.65. The Balaban J connectivity index is 1.78. The number of nitrogens with zero attached hydrogens (tertiary/aromatic N) is 3. The van der Waals surface area contributed by atoms with E-state index in [1.807, 2.05) is 45.0 Å². The fraction of sp³-hybridized carbons (Fsp3) is 0.682. The minimum Gasteiger partial charge on any atom is -0.491 e. The number of likely N-dealkylation sites (N-methyl/N-ethyl adjacent to an activating group) is 1. The molecule has 1 aliphatic heterocycles. The number of aliphatic imine (C=N–C) groups is 1. The van der Waals surface area contributed by atoms with Crippen molar-refractivity contribution >= 4 is 5.96 Å². The number of hydrogen-bond donors (Lipinski definition) is 3. The molecule has 1 aliphatic rings. The van der Waals surface area contributed by atoms with Gasteiger partial charge >= 0.3 is 0 Å². The van der Waals surface area contributed by atoms with E-state index in [0.29, 0.717) is 6.54 Å². The molecule has 0 radical (unpaired) electrons. The molecule has 3 N–H and O–H groups in total. The maximum atomic E-state index is 10.5. The Labute approximate surface area is 176 Å². The maximum absolute atomic E-state index is 10.5. The summed E-state index contributed by atoms with van der Waals surface area (Å²) in [6.07, 6.45) is -0.500. The zero-order valence-electron chi connectivity index (χ0n) is 18.5. The van der Waals surface area contributed by atoms with Gasteiger partial charge in [-0.1, -0.05) is 19.1 Å². The summed E-state index contributed by atoms with van der Waals surface area (Å²) >= 11 is 0. The molecule has 29 heavy (non-hydrogen) atoms. The van der Waals surface area contributed by atoms with Crippen LogP contribution in [0.3, 0.4) is 0 Å². The molecule has 1 atom stereocenters. The molecule has 0 aliphatic carbocycles. The van der Waals surface area contributed by atoms with E-state index in [0.717, 1.165) is 69.6 Å². The summed E-state index contributed by atoms with van der Waals surface area (Å²) in [6.45, 7) is 16.9. The van der Waals surface area contributed by atoms with Crippen LogP contribution in [-0.2, 0) is 0 Å². The maximum Gasteiger partial charge on any atom is 0.191 e. The van der Waals surface area contributed by atoms with Gasteiger partial charge in [-0.15, -0.1) is 0 Å². The molecule has 1 fully saturated rings. The van der Waals surface area contributed by atoms with Gasteiger partial charge in [-0.3, -0.25) is 9.89 Å². The van der Waals surface area contributed by atoms with Crippen LogP contribution in [0.5, 0.6) is 5.75 Å². The van der Waals surface area contributed by atoms with Crippen molar-refractivity contribution in [2.75, 3.05) is 58.9 Å². The quantitative estimate of drug-likeness (QED) is 0.407. The molecule has 0 bridgehead atoms. The van der Waals surface area contributed by atoms with Gasteiger partial charge in [0.15, 0.2) is 5.96 Å². The van der Waals surface area contributed by atoms with Crippen molar-refractivity contribution in [3.8, 4) is 5.75 Å². The van der Waals surface area contributed by atoms with Crippen molar-refractivity contribution < 1.29 is 9.84 Å². The Hall–Kier alpha value is -1.83. The van der Waals surface area contributed by atoms with Crippen molar-refractivity contribution in [3.05, 3.63) is 29.8 Å². The van der Waals surface area contributed by atoms with E-state index in [9.17, 15) is 5.11 Å². The van der Waals surface area contributed by atoms with Gasteiger partial charge in [0.05, 0.1) is 18.8 Å². The molecular formula is C22H39N5O2. The Morgan fingerprint density at radius 1 is 1.07 bits per heavy atom. The van der Waals surface area contributed by atoms with Crippen LogP contribution in [0.4, 0.5) is 0 Å². The number of aliphatic hydroxyl groups excluding tert-OH is 1. The highest BCUT2D eigenvalue weighted by Gasteiger charge is 2.15. The summed E-state index contributed by atoms with van der Waals surface area (Å²) in [5.74, 6) is 1.56. The van der Waals surface area contributed by atoms with Crippen molar-refractivity contribution in [3.63, 3.8) is 0 Å². The highest BCUT2D eigenvalue weighted by Crippen LogP contribution is 2.19. The van der Waals surface area contributed by atoms with Gasteiger partial charge in [-0.05, 0) is 45.0 Å². The Bertz CT molecular complexity index is 598. The summed E-state index contributed by atoms with van der Waals surface area (Å²) in [7, 11) is 0. The van der Waals surface area contributed by atoms with Gasteiger partial charge in [0, 0.05) is 45.8 Å². The number of aliphatic hydroxyl groups is 1. The van der Waals surface area contributed by atoms with Crippen molar-refractivity contribution in [1.82, 2.24) is 20.4 Å². The number of rotatable bonds is 10. The second-order valence-corrected chi connectivity index (χ2v) is 7.67. The highest BCUT2D eigenvalue weighted by atomic mass is 16.5. The van der Waals surface area contributed by atoms with Crippen LogP contribution >= 0.6 is 0 Å². The first-order chi connectivity index (χ1) is 14.0. The van der Waals surface area contributed by atoms with Gasteiger partial charge in [0.2, 0.25) is 0 Å². The number of hydrogen-bond acceptors (Lipinski definition) is 5. The SMILES string of the molecule is CCNC(=NCC(O)c1ccc(OC(C)C)cc1)NCCN1CCN(CC)CC1. The lowest BCUT2D eigenvalue weighted by Gasteiger charge is -2.34. The minimum atomic E-state index is -0.638. The summed E-state index contributed by atoms with van der Waals surface area (Å²) in [6, 6.07) is 7.58. The molecule has 164 valence electrons. The monoisotopic (exact) mass is 405 g/mol. The molecule has 0 aromatic heterocycles. The fourth-order valence-electron chi connectivity index (χ4n) is 3.33. The molecule has 0 spiro atoms. The van der Waals surface area contributed by atoms with Crippen molar-refractivity contribution in [2.24, 2.45) is 4.99 Å². The topological polar surface area (TPSA) is 72.4 Å². The summed E-state index contributed by atoms with van der Waals surface area (Å²) in [5, 5.41) is 17.1. The lowest BCUT2D eigenvalue weighted by atomic mass is 10.1. The highest BCUT2D eigenvalue weighted by molar-refractivity contribution is 5.79. The van der Waals surface area contributed by atoms with Crippen molar-refractivity contribution in [2.45, 2.75) is 39.9 Å². The first-order valence-electron chi connectivity index (χ1n) is 10.9. The lowest BCUT2D eigenvalue weighted by Crippen LogP contribution is -2.49. The first kappa shape index (κ1) is 23.4. The normalized spacial score (nSPS) is 17.4. The van der Waals surface area contributed by atoms with Gasteiger partial charge in [0.25, 0.3) is 0 Å². The number of guanidine groups is 1. The predicted octanol–water partition coefficient (Wildman–Crippen LogP) is 1.70. The second-order valence-electron chi connectivity index (χ2n) is 7.67. The number of piperazine rings is 1. The van der Waals surface area contributed by atoms with Gasteiger partial charge in [0.1, 0.15) is 5.75 Å². The van der Waals surface area contributed by atoms with E-state index in [2.05, 4.69) is 32.3 Å². The fourth-order valence-corrected chi connectivity index (χ4v) is 3.33. The molecular weight excluding hydrogens is 366 g/mol. The molecule has 0 amide bonds. The lowest BCUT2D eigenvalue weighted by molar-refractivity contribution is 0.139. The predicted molar refractivity (Wildman–Crippen MR) is 120 cm³/mol. The molecule has 7 nitrogen and oxygen atoms in total.